The number of halogens is 3. The molecule has 0 bridgehead atoms. The second-order valence-electron chi connectivity index (χ2n) is 5.97. The number of benzene rings is 1. The zero-order chi connectivity index (χ0) is 20.2. The van der Waals surface area contributed by atoms with Gasteiger partial charge in [-0.15, -0.1) is 11.6 Å². The minimum Gasteiger partial charge on any atom is -0.372 e. The maximum Gasteiger partial charge on any atom is 0.295 e. The summed E-state index contributed by atoms with van der Waals surface area (Å²) in [5, 5.41) is 16.2. The first-order valence-electron chi connectivity index (χ1n) is 7.82. The molecule has 0 aliphatic rings. The van der Waals surface area contributed by atoms with Crippen molar-refractivity contribution in [1.29, 1.82) is 0 Å². The molecule has 1 unspecified atom stereocenters. The average molecular weight is 425 g/mol. The molecule has 1 aromatic carbocycles. The SMILES string of the molecule is CC(Cl)C(Cl)(Cl)C(O)O.Cc1c(N(C)C)c(=O)n(-c2ccccc2)n1C. The van der Waals surface area contributed by atoms with Gasteiger partial charge in [0.2, 0.25) is 0 Å². The van der Waals surface area contributed by atoms with Gasteiger partial charge in [0.15, 0.2) is 10.6 Å². The van der Waals surface area contributed by atoms with Crippen molar-refractivity contribution in [1.82, 2.24) is 9.36 Å². The maximum absolute atomic E-state index is 12.4. The number of rotatable bonds is 4. The van der Waals surface area contributed by atoms with Crippen LogP contribution in [0.1, 0.15) is 12.6 Å². The second kappa shape index (κ2) is 9.15. The molecule has 146 valence electrons. The summed E-state index contributed by atoms with van der Waals surface area (Å²) in [4.78, 5) is 14.2. The summed E-state index contributed by atoms with van der Waals surface area (Å²) in [6, 6.07) is 9.66. The molecular weight excluding hydrogens is 401 g/mol. The zero-order valence-corrected chi connectivity index (χ0v) is 17.6. The first kappa shape index (κ1) is 22.9. The maximum atomic E-state index is 12.4. The van der Waals surface area contributed by atoms with Gasteiger partial charge in [0.05, 0.1) is 16.8 Å². The smallest absolute Gasteiger partial charge is 0.295 e. The highest BCUT2D eigenvalue weighted by atomic mass is 35.5. The molecule has 6 nitrogen and oxygen atoms in total. The van der Waals surface area contributed by atoms with Crippen molar-refractivity contribution in [2.24, 2.45) is 7.05 Å². The topological polar surface area (TPSA) is 70.6 Å². The molecule has 26 heavy (non-hydrogen) atoms. The van der Waals surface area contributed by atoms with Gasteiger partial charge in [-0.05, 0) is 26.0 Å². The molecule has 0 saturated carbocycles. The molecule has 9 heteroatoms. The number of para-hydroxylation sites is 1. The van der Waals surface area contributed by atoms with Crippen molar-refractivity contribution in [3.63, 3.8) is 0 Å². The van der Waals surface area contributed by atoms with E-state index in [0.29, 0.717) is 0 Å². The molecule has 2 aromatic rings. The summed E-state index contributed by atoms with van der Waals surface area (Å²) < 4.78 is 1.89. The van der Waals surface area contributed by atoms with Crippen molar-refractivity contribution in [3.05, 3.63) is 46.4 Å². The Morgan fingerprint density at radius 2 is 1.65 bits per heavy atom. The van der Waals surface area contributed by atoms with Gasteiger partial charge in [-0.3, -0.25) is 9.48 Å². The highest BCUT2D eigenvalue weighted by Gasteiger charge is 2.37. The van der Waals surface area contributed by atoms with Crippen LogP contribution in [0.2, 0.25) is 0 Å². The molecule has 2 rings (SSSR count). The van der Waals surface area contributed by atoms with Crippen molar-refractivity contribution < 1.29 is 10.2 Å². The van der Waals surface area contributed by atoms with Crippen LogP contribution in [0.25, 0.3) is 5.69 Å². The van der Waals surface area contributed by atoms with Gasteiger partial charge in [0.25, 0.3) is 5.56 Å². The summed E-state index contributed by atoms with van der Waals surface area (Å²) in [5.41, 5.74) is 2.60. The van der Waals surface area contributed by atoms with E-state index < -0.39 is 16.0 Å². The predicted octanol–water partition coefficient (Wildman–Crippen LogP) is 2.65. The minimum atomic E-state index is -1.81. The van der Waals surface area contributed by atoms with Crippen LogP contribution in [0, 0.1) is 6.92 Å². The van der Waals surface area contributed by atoms with E-state index in [2.05, 4.69) is 0 Å². The summed E-state index contributed by atoms with van der Waals surface area (Å²) in [6.07, 6.45) is -1.81. The summed E-state index contributed by atoms with van der Waals surface area (Å²) >= 11 is 16.1. The fourth-order valence-corrected chi connectivity index (χ4v) is 2.39. The lowest BCUT2D eigenvalue weighted by Gasteiger charge is -2.23. The third-order valence-electron chi connectivity index (χ3n) is 3.85. The van der Waals surface area contributed by atoms with Gasteiger partial charge >= 0.3 is 0 Å². The highest BCUT2D eigenvalue weighted by molar-refractivity contribution is 6.52. The first-order chi connectivity index (χ1) is 11.9. The van der Waals surface area contributed by atoms with Gasteiger partial charge < -0.3 is 15.1 Å². The van der Waals surface area contributed by atoms with E-state index >= 15 is 0 Å². The number of hydrogen-bond donors (Lipinski definition) is 2. The number of anilines is 1. The molecule has 0 aliphatic carbocycles. The van der Waals surface area contributed by atoms with Gasteiger partial charge in [-0.1, -0.05) is 41.4 Å². The fraction of sp³-hybridized carbons (Fsp3) is 0.471. The molecule has 0 fully saturated rings. The van der Waals surface area contributed by atoms with Gasteiger partial charge in [0, 0.05) is 21.1 Å². The predicted molar refractivity (Wildman–Crippen MR) is 108 cm³/mol. The van der Waals surface area contributed by atoms with Crippen LogP contribution in [0.4, 0.5) is 5.69 Å². The van der Waals surface area contributed by atoms with Crippen LogP contribution in [0.3, 0.4) is 0 Å². The van der Waals surface area contributed by atoms with E-state index in [0.717, 1.165) is 17.1 Å². The molecule has 0 spiro atoms. The highest BCUT2D eigenvalue weighted by Crippen LogP contribution is 2.31. The molecule has 1 aromatic heterocycles. The summed E-state index contributed by atoms with van der Waals surface area (Å²) in [5.74, 6) is 0. The largest absolute Gasteiger partial charge is 0.372 e. The number of aliphatic hydroxyl groups is 2. The van der Waals surface area contributed by atoms with E-state index in [1.54, 1.807) is 4.68 Å². The second-order valence-corrected chi connectivity index (χ2v) is 8.07. The average Bonchev–Trinajstić information content (AvgIpc) is 2.78. The number of hydrogen-bond acceptors (Lipinski definition) is 4. The monoisotopic (exact) mass is 423 g/mol. The van der Waals surface area contributed by atoms with Crippen LogP contribution in [-0.4, -0.2) is 49.7 Å². The quantitative estimate of drug-likeness (QED) is 0.585. The Bertz CT molecular complexity index is 759. The van der Waals surface area contributed by atoms with Crippen molar-refractivity contribution >= 4 is 40.5 Å². The Balaban J connectivity index is 0.000000321. The molecular formula is C17H24Cl3N3O3. The first-order valence-corrected chi connectivity index (χ1v) is 9.01. The van der Waals surface area contributed by atoms with Gasteiger partial charge in [-0.2, -0.15) is 0 Å². The van der Waals surface area contributed by atoms with E-state index in [9.17, 15) is 4.79 Å². The van der Waals surface area contributed by atoms with Crippen molar-refractivity contribution in [2.45, 2.75) is 29.8 Å². The molecule has 1 atom stereocenters. The normalized spacial score (nSPS) is 12.6. The third kappa shape index (κ3) is 4.96. The van der Waals surface area contributed by atoms with Crippen molar-refractivity contribution in [2.75, 3.05) is 19.0 Å². The van der Waals surface area contributed by atoms with E-state index in [4.69, 9.17) is 45.0 Å². The van der Waals surface area contributed by atoms with Crippen LogP contribution in [0.5, 0.6) is 0 Å². The number of alkyl halides is 3. The molecule has 0 radical (unpaired) electrons. The van der Waals surface area contributed by atoms with Crippen LogP contribution in [0.15, 0.2) is 35.1 Å². The summed E-state index contributed by atoms with van der Waals surface area (Å²) in [6.45, 7) is 3.43. The molecule has 0 aliphatic heterocycles. The van der Waals surface area contributed by atoms with Gasteiger partial charge in [0.1, 0.15) is 5.69 Å². The number of aliphatic hydroxyl groups excluding tert-OH is 1. The molecule has 2 N–H and O–H groups in total. The lowest BCUT2D eigenvalue weighted by molar-refractivity contribution is -0.0514. The minimum absolute atomic E-state index is 0.0150. The molecule has 0 saturated heterocycles. The van der Waals surface area contributed by atoms with Crippen molar-refractivity contribution in [3.8, 4) is 5.69 Å². The van der Waals surface area contributed by atoms with Crippen LogP contribution >= 0.6 is 34.8 Å². The lowest BCUT2D eigenvalue weighted by Crippen LogP contribution is -2.37. The molecule has 1 heterocycles. The number of nitrogens with zero attached hydrogens (tertiary/aromatic N) is 3. The Hall–Kier alpha value is -1.18. The van der Waals surface area contributed by atoms with E-state index in [-0.39, 0.29) is 5.56 Å². The lowest BCUT2D eigenvalue weighted by atomic mass is 10.3. The van der Waals surface area contributed by atoms with Gasteiger partial charge in [-0.25, -0.2) is 4.68 Å². The Morgan fingerprint density at radius 1 is 1.15 bits per heavy atom. The van der Waals surface area contributed by atoms with E-state index in [1.165, 1.54) is 6.92 Å². The van der Waals surface area contributed by atoms with Crippen LogP contribution in [-0.2, 0) is 7.05 Å². The third-order valence-corrected chi connectivity index (χ3v) is 5.46. The summed E-state index contributed by atoms with van der Waals surface area (Å²) in [7, 11) is 5.68. The van der Waals surface area contributed by atoms with E-state index in [1.807, 2.05) is 68.0 Å². The fourth-order valence-electron chi connectivity index (χ4n) is 2.27. The standard InChI is InChI=1S/C13H17N3O.C4H7Cl3O2/c1-10-12(14(2)3)13(17)16(15(10)4)11-8-6-5-7-9-11;1-2(5)4(6,7)3(8)9/h5-9H,1-4H3;2-3,8-9H,1H3. The molecule has 0 amide bonds. The zero-order valence-electron chi connectivity index (χ0n) is 15.3. The Morgan fingerprint density at radius 3 is 1.96 bits per heavy atom. The van der Waals surface area contributed by atoms with Crippen LogP contribution < -0.4 is 10.5 Å². The number of aromatic nitrogens is 2. The Labute approximate surface area is 168 Å². The Kier molecular flexibility index (Phi) is 8.04.